The smallest absolute Gasteiger partial charge is 0.136 e. The lowest BCUT2D eigenvalue weighted by Gasteiger charge is -2.25. The maximum absolute atomic E-state index is 12.1. The molecule has 2 nitrogen and oxygen atoms in total. The Kier molecular flexibility index (Phi) is 7.11. The topological polar surface area (TPSA) is 35.1 Å². The van der Waals surface area contributed by atoms with E-state index >= 15 is 0 Å². The minimum Gasteiger partial charge on any atom is -0.598 e. The second-order valence-electron chi connectivity index (χ2n) is 5.62. The van der Waals surface area contributed by atoms with Gasteiger partial charge in [-0.2, -0.15) is 0 Å². The molecule has 0 spiro atoms. The molecule has 110 valence electrons. The van der Waals surface area contributed by atoms with Crippen molar-refractivity contribution in [3.63, 3.8) is 0 Å². The molecule has 0 fully saturated rings. The fourth-order valence-electron chi connectivity index (χ4n) is 1.49. The molecule has 1 rings (SSSR count). The first kappa shape index (κ1) is 17.6. The first-order valence-electron chi connectivity index (χ1n) is 6.78. The van der Waals surface area contributed by atoms with Crippen LogP contribution in [-0.2, 0) is 11.4 Å². The molecular weight excluding hydrogens is 334 g/mol. The van der Waals surface area contributed by atoms with E-state index < -0.39 is 11.4 Å². The average Bonchev–Trinajstić information content (AvgIpc) is 2.35. The molecule has 0 heterocycles. The molecule has 0 radical (unpaired) electrons. The molecule has 1 aromatic carbocycles. The summed E-state index contributed by atoms with van der Waals surface area (Å²) < 4.78 is 16.0. The van der Waals surface area contributed by atoms with Gasteiger partial charge < -0.3 is 4.55 Å². The van der Waals surface area contributed by atoms with Crippen LogP contribution in [0.25, 0.3) is 0 Å². The van der Waals surface area contributed by atoms with Gasteiger partial charge in [0.25, 0.3) is 0 Å². The minimum atomic E-state index is -1.09. The number of halogens is 1. The van der Waals surface area contributed by atoms with Crippen molar-refractivity contribution in [1.29, 1.82) is 0 Å². The van der Waals surface area contributed by atoms with Crippen molar-refractivity contribution in [2.75, 3.05) is 0 Å². The Hall–Kier alpha value is -0.470. The van der Waals surface area contributed by atoms with Crippen molar-refractivity contribution < 1.29 is 4.55 Å². The van der Waals surface area contributed by atoms with E-state index in [0.717, 1.165) is 22.9 Å². The highest BCUT2D eigenvalue weighted by Crippen LogP contribution is 2.15. The van der Waals surface area contributed by atoms with Crippen molar-refractivity contribution >= 4 is 27.3 Å². The van der Waals surface area contributed by atoms with Crippen molar-refractivity contribution in [2.24, 2.45) is 0 Å². The SMILES string of the molecule is CCC[C@H](C#Cc1cccc(Br)c1)N[S+]([O-])C(C)(C)C. The van der Waals surface area contributed by atoms with Gasteiger partial charge in [0.05, 0.1) is 0 Å². The van der Waals surface area contributed by atoms with Crippen LogP contribution < -0.4 is 4.72 Å². The molecule has 0 aliphatic heterocycles. The highest BCUT2D eigenvalue weighted by molar-refractivity contribution is 9.10. The van der Waals surface area contributed by atoms with Crippen LogP contribution in [-0.4, -0.2) is 15.3 Å². The van der Waals surface area contributed by atoms with Gasteiger partial charge in [0.15, 0.2) is 0 Å². The van der Waals surface area contributed by atoms with Crippen molar-refractivity contribution in [3.8, 4) is 11.8 Å². The molecule has 4 heteroatoms. The van der Waals surface area contributed by atoms with Crippen molar-refractivity contribution in [1.82, 2.24) is 4.72 Å². The molecule has 1 unspecified atom stereocenters. The van der Waals surface area contributed by atoms with Crippen LogP contribution in [0.5, 0.6) is 0 Å². The van der Waals surface area contributed by atoms with E-state index in [-0.39, 0.29) is 10.8 Å². The lowest BCUT2D eigenvalue weighted by molar-refractivity contribution is 0.530. The summed E-state index contributed by atoms with van der Waals surface area (Å²) in [7, 11) is 0. The summed E-state index contributed by atoms with van der Waals surface area (Å²) in [6.45, 7) is 7.98. The van der Waals surface area contributed by atoms with E-state index in [1.165, 1.54) is 0 Å². The van der Waals surface area contributed by atoms with Crippen LogP contribution in [0.4, 0.5) is 0 Å². The second-order valence-corrected chi connectivity index (χ2v) is 8.53. The number of hydrogen-bond donors (Lipinski definition) is 1. The van der Waals surface area contributed by atoms with E-state index in [9.17, 15) is 4.55 Å². The van der Waals surface area contributed by atoms with Crippen molar-refractivity contribution in [2.45, 2.75) is 51.3 Å². The Labute approximate surface area is 134 Å². The third kappa shape index (κ3) is 6.32. The molecule has 2 atom stereocenters. The molecule has 1 aromatic rings. The number of rotatable bonds is 4. The zero-order valence-electron chi connectivity index (χ0n) is 12.5. The van der Waals surface area contributed by atoms with Gasteiger partial charge in [0.2, 0.25) is 0 Å². The van der Waals surface area contributed by atoms with Crippen LogP contribution in [0.2, 0.25) is 0 Å². The molecule has 0 amide bonds. The van der Waals surface area contributed by atoms with Gasteiger partial charge >= 0.3 is 0 Å². The third-order valence-electron chi connectivity index (χ3n) is 2.60. The van der Waals surface area contributed by atoms with Gasteiger partial charge in [0.1, 0.15) is 10.8 Å². The van der Waals surface area contributed by atoms with Gasteiger partial charge in [-0.1, -0.05) is 47.2 Å². The Balaban J connectivity index is 2.78. The standard InChI is InChI=1S/C16H22BrNOS/c1-5-7-15(18-20(19)16(2,3)4)11-10-13-8-6-9-14(17)12-13/h6,8-9,12,15,18H,5,7H2,1-4H3/t15-,20?/m1/s1. The van der Waals surface area contributed by atoms with Gasteiger partial charge in [-0.3, -0.25) is 0 Å². The van der Waals surface area contributed by atoms with E-state index in [4.69, 9.17) is 0 Å². The summed E-state index contributed by atoms with van der Waals surface area (Å²) in [5.74, 6) is 6.34. The second kappa shape index (κ2) is 8.09. The molecule has 20 heavy (non-hydrogen) atoms. The summed E-state index contributed by atoms with van der Waals surface area (Å²) in [6, 6.07) is 7.85. The van der Waals surface area contributed by atoms with E-state index in [1.807, 2.05) is 45.0 Å². The Morgan fingerprint density at radius 2 is 2.10 bits per heavy atom. The van der Waals surface area contributed by atoms with Gasteiger partial charge in [-0.25, -0.2) is 0 Å². The van der Waals surface area contributed by atoms with E-state index in [0.29, 0.717) is 0 Å². The summed E-state index contributed by atoms with van der Waals surface area (Å²) in [5.41, 5.74) is 0.962. The summed E-state index contributed by atoms with van der Waals surface area (Å²) in [5, 5.41) is 0. The Bertz CT molecular complexity index is 487. The molecule has 0 saturated carbocycles. The first-order chi connectivity index (χ1) is 9.32. The fraction of sp³-hybridized carbons (Fsp3) is 0.500. The quantitative estimate of drug-likeness (QED) is 0.653. The Morgan fingerprint density at radius 3 is 2.65 bits per heavy atom. The third-order valence-corrected chi connectivity index (χ3v) is 4.70. The molecule has 0 bridgehead atoms. The highest BCUT2D eigenvalue weighted by atomic mass is 79.9. The van der Waals surface area contributed by atoms with Crippen LogP contribution in [0.15, 0.2) is 28.7 Å². The zero-order chi connectivity index (χ0) is 15.2. The first-order valence-corrected chi connectivity index (χ1v) is 8.72. The Morgan fingerprint density at radius 1 is 1.40 bits per heavy atom. The van der Waals surface area contributed by atoms with Crippen LogP contribution in [0.1, 0.15) is 46.1 Å². The van der Waals surface area contributed by atoms with Crippen LogP contribution in [0.3, 0.4) is 0 Å². The predicted octanol–water partition coefficient (Wildman–Crippen LogP) is 4.02. The van der Waals surface area contributed by atoms with Crippen LogP contribution >= 0.6 is 15.9 Å². The van der Waals surface area contributed by atoms with Crippen molar-refractivity contribution in [3.05, 3.63) is 34.3 Å². The normalized spacial score (nSPS) is 14.3. The minimum absolute atomic E-state index is 0.0426. The van der Waals surface area contributed by atoms with E-state index in [2.05, 4.69) is 39.4 Å². The summed E-state index contributed by atoms with van der Waals surface area (Å²) in [6.07, 6.45) is 1.90. The molecule has 0 saturated heterocycles. The zero-order valence-corrected chi connectivity index (χ0v) is 14.9. The number of hydrogen-bond acceptors (Lipinski definition) is 2. The number of nitrogens with one attached hydrogen (secondary N) is 1. The fourth-order valence-corrected chi connectivity index (χ4v) is 2.68. The molecule has 0 aliphatic carbocycles. The maximum Gasteiger partial charge on any atom is 0.136 e. The predicted molar refractivity (Wildman–Crippen MR) is 90.7 cm³/mol. The van der Waals surface area contributed by atoms with Gasteiger partial charge in [0, 0.05) is 21.4 Å². The molecule has 1 N–H and O–H groups in total. The molecule has 0 aliphatic rings. The van der Waals surface area contributed by atoms with Crippen LogP contribution in [0, 0.1) is 11.8 Å². The molecule has 0 aromatic heterocycles. The van der Waals surface area contributed by atoms with Gasteiger partial charge in [-0.05, 0) is 45.4 Å². The largest absolute Gasteiger partial charge is 0.598 e. The molecular formula is C16H22BrNOS. The van der Waals surface area contributed by atoms with Gasteiger partial charge in [-0.15, -0.1) is 4.72 Å². The summed E-state index contributed by atoms with van der Waals surface area (Å²) in [4.78, 5) is 0. The van der Waals surface area contributed by atoms with E-state index in [1.54, 1.807) is 0 Å². The number of benzene rings is 1. The maximum atomic E-state index is 12.1. The monoisotopic (exact) mass is 355 g/mol. The summed E-state index contributed by atoms with van der Waals surface area (Å²) >= 11 is 2.34. The lowest BCUT2D eigenvalue weighted by atomic mass is 10.1. The highest BCUT2D eigenvalue weighted by Gasteiger charge is 2.28. The lowest BCUT2D eigenvalue weighted by Crippen LogP contribution is -2.44. The average molecular weight is 356 g/mol.